The van der Waals surface area contributed by atoms with Gasteiger partial charge >= 0.3 is 0 Å². The second-order valence-electron chi connectivity index (χ2n) is 3.75. The Morgan fingerprint density at radius 2 is 2.38 bits per heavy atom. The van der Waals surface area contributed by atoms with Crippen LogP contribution in [0.2, 0.25) is 0 Å². The standard InChI is InChI=1S/C11H17NO4/c1-13-6-8-2-3-9(16-8)11(12)10-7-14-4-5-15-10/h2-3,10-11H,4-7,12H2,1H3. The predicted molar refractivity (Wildman–Crippen MR) is 56.9 cm³/mol. The van der Waals surface area contributed by atoms with Crippen molar-refractivity contribution in [1.82, 2.24) is 0 Å². The van der Waals surface area contributed by atoms with Gasteiger partial charge in [0.15, 0.2) is 0 Å². The first-order valence-corrected chi connectivity index (χ1v) is 5.33. The average molecular weight is 227 g/mol. The minimum absolute atomic E-state index is 0.129. The van der Waals surface area contributed by atoms with Crippen molar-refractivity contribution in [1.29, 1.82) is 0 Å². The van der Waals surface area contributed by atoms with E-state index in [1.807, 2.05) is 12.1 Å². The zero-order chi connectivity index (χ0) is 11.4. The fourth-order valence-electron chi connectivity index (χ4n) is 1.69. The molecule has 0 aromatic carbocycles. The summed E-state index contributed by atoms with van der Waals surface area (Å²) in [5.74, 6) is 1.48. The molecule has 16 heavy (non-hydrogen) atoms. The van der Waals surface area contributed by atoms with Crippen molar-refractivity contribution in [3.05, 3.63) is 23.7 Å². The van der Waals surface area contributed by atoms with E-state index in [0.29, 0.717) is 32.2 Å². The molecule has 0 bridgehead atoms. The Kier molecular flexibility index (Phi) is 3.95. The number of methoxy groups -OCH3 is 1. The molecular formula is C11H17NO4. The summed E-state index contributed by atoms with van der Waals surface area (Å²) < 4.78 is 21.4. The van der Waals surface area contributed by atoms with E-state index in [-0.39, 0.29) is 12.1 Å². The van der Waals surface area contributed by atoms with Gasteiger partial charge in [-0.3, -0.25) is 0 Å². The molecule has 0 saturated carbocycles. The molecule has 2 atom stereocenters. The Bertz CT molecular complexity index is 320. The van der Waals surface area contributed by atoms with Crippen molar-refractivity contribution in [2.75, 3.05) is 26.9 Å². The predicted octanol–water partition coefficient (Wildman–Crippen LogP) is 0.841. The molecule has 1 fully saturated rings. The van der Waals surface area contributed by atoms with Crippen LogP contribution in [0.1, 0.15) is 17.6 Å². The second kappa shape index (κ2) is 5.45. The van der Waals surface area contributed by atoms with Crippen LogP contribution < -0.4 is 5.73 Å². The molecule has 0 aliphatic carbocycles. The summed E-state index contributed by atoms with van der Waals surface area (Å²) in [5.41, 5.74) is 6.04. The van der Waals surface area contributed by atoms with E-state index in [1.54, 1.807) is 7.11 Å². The van der Waals surface area contributed by atoms with Crippen LogP contribution in [0.25, 0.3) is 0 Å². The van der Waals surface area contributed by atoms with Gasteiger partial charge in [0.05, 0.1) is 25.9 Å². The zero-order valence-electron chi connectivity index (χ0n) is 9.35. The molecule has 1 aliphatic rings. The maximum absolute atomic E-state index is 6.04. The number of nitrogens with two attached hydrogens (primary N) is 1. The lowest BCUT2D eigenvalue weighted by atomic mass is 10.1. The van der Waals surface area contributed by atoms with Gasteiger partial charge in [-0.1, -0.05) is 0 Å². The quantitative estimate of drug-likeness (QED) is 0.825. The zero-order valence-corrected chi connectivity index (χ0v) is 9.35. The van der Waals surface area contributed by atoms with Crippen LogP contribution in [0.3, 0.4) is 0 Å². The van der Waals surface area contributed by atoms with Crippen LogP contribution in [-0.2, 0) is 20.8 Å². The molecule has 2 N–H and O–H groups in total. The van der Waals surface area contributed by atoms with Crippen LogP contribution in [0, 0.1) is 0 Å². The number of rotatable bonds is 4. The lowest BCUT2D eigenvalue weighted by molar-refractivity contribution is -0.0996. The van der Waals surface area contributed by atoms with E-state index < -0.39 is 0 Å². The van der Waals surface area contributed by atoms with Crippen LogP contribution in [0.5, 0.6) is 0 Å². The summed E-state index contributed by atoms with van der Waals surface area (Å²) >= 11 is 0. The highest BCUT2D eigenvalue weighted by atomic mass is 16.6. The van der Waals surface area contributed by atoms with Crippen LogP contribution in [-0.4, -0.2) is 33.0 Å². The lowest BCUT2D eigenvalue weighted by Gasteiger charge is -2.26. The monoisotopic (exact) mass is 227 g/mol. The molecular weight excluding hydrogens is 210 g/mol. The van der Waals surface area contributed by atoms with E-state index in [2.05, 4.69) is 0 Å². The van der Waals surface area contributed by atoms with Crippen molar-refractivity contribution in [2.24, 2.45) is 5.73 Å². The van der Waals surface area contributed by atoms with Crippen molar-refractivity contribution in [3.8, 4) is 0 Å². The Labute approximate surface area is 94.5 Å². The van der Waals surface area contributed by atoms with Crippen molar-refractivity contribution < 1.29 is 18.6 Å². The molecule has 2 unspecified atom stereocenters. The summed E-state index contributed by atoms with van der Waals surface area (Å²) in [6.07, 6.45) is -0.129. The highest BCUT2D eigenvalue weighted by Crippen LogP contribution is 2.21. The third-order valence-corrected chi connectivity index (χ3v) is 2.54. The van der Waals surface area contributed by atoms with Gasteiger partial charge in [-0.2, -0.15) is 0 Å². The Hall–Kier alpha value is -0.880. The molecule has 1 saturated heterocycles. The second-order valence-corrected chi connectivity index (χ2v) is 3.75. The highest BCUT2D eigenvalue weighted by molar-refractivity contribution is 5.11. The molecule has 5 nitrogen and oxygen atoms in total. The van der Waals surface area contributed by atoms with Gasteiger partial charge < -0.3 is 24.4 Å². The smallest absolute Gasteiger partial charge is 0.129 e. The topological polar surface area (TPSA) is 66.9 Å². The largest absolute Gasteiger partial charge is 0.462 e. The van der Waals surface area contributed by atoms with Gasteiger partial charge in [-0.15, -0.1) is 0 Å². The fourth-order valence-corrected chi connectivity index (χ4v) is 1.69. The average Bonchev–Trinajstić information content (AvgIpc) is 2.78. The summed E-state index contributed by atoms with van der Waals surface area (Å²) in [6, 6.07) is 3.44. The van der Waals surface area contributed by atoms with Crippen LogP contribution >= 0.6 is 0 Å². The van der Waals surface area contributed by atoms with E-state index in [1.165, 1.54) is 0 Å². The first kappa shape index (κ1) is 11.6. The van der Waals surface area contributed by atoms with Gasteiger partial charge in [-0.05, 0) is 12.1 Å². The third kappa shape index (κ3) is 2.62. The third-order valence-electron chi connectivity index (χ3n) is 2.54. The normalized spacial score (nSPS) is 23.2. The maximum Gasteiger partial charge on any atom is 0.129 e. The van der Waals surface area contributed by atoms with Gasteiger partial charge in [0.1, 0.15) is 24.2 Å². The van der Waals surface area contributed by atoms with Crippen LogP contribution in [0.4, 0.5) is 0 Å². The molecule has 1 aromatic heterocycles. The van der Waals surface area contributed by atoms with Gasteiger partial charge in [-0.25, -0.2) is 0 Å². The number of furan rings is 1. The van der Waals surface area contributed by atoms with Gasteiger partial charge in [0.2, 0.25) is 0 Å². The van der Waals surface area contributed by atoms with E-state index in [0.717, 1.165) is 5.76 Å². The number of hydrogen-bond donors (Lipinski definition) is 1. The molecule has 5 heteroatoms. The summed E-state index contributed by atoms with van der Waals surface area (Å²) in [5, 5.41) is 0. The highest BCUT2D eigenvalue weighted by Gasteiger charge is 2.25. The van der Waals surface area contributed by atoms with Gasteiger partial charge in [0, 0.05) is 7.11 Å². The van der Waals surface area contributed by atoms with Crippen molar-refractivity contribution in [3.63, 3.8) is 0 Å². The maximum atomic E-state index is 6.04. The SMILES string of the molecule is COCc1ccc(C(N)C2COCCO2)o1. The Morgan fingerprint density at radius 1 is 1.50 bits per heavy atom. The molecule has 1 aliphatic heterocycles. The molecule has 1 aromatic rings. The Balaban J connectivity index is 1.98. The lowest BCUT2D eigenvalue weighted by Crippen LogP contribution is -2.37. The molecule has 0 amide bonds. The van der Waals surface area contributed by atoms with E-state index in [4.69, 9.17) is 24.4 Å². The first-order chi connectivity index (χ1) is 7.81. The molecule has 0 radical (unpaired) electrons. The van der Waals surface area contributed by atoms with E-state index in [9.17, 15) is 0 Å². The number of hydrogen-bond acceptors (Lipinski definition) is 5. The fraction of sp³-hybridized carbons (Fsp3) is 0.636. The summed E-state index contributed by atoms with van der Waals surface area (Å²) in [7, 11) is 1.63. The van der Waals surface area contributed by atoms with Crippen molar-refractivity contribution in [2.45, 2.75) is 18.8 Å². The summed E-state index contributed by atoms with van der Waals surface area (Å²) in [4.78, 5) is 0. The molecule has 2 rings (SSSR count). The molecule has 90 valence electrons. The van der Waals surface area contributed by atoms with Gasteiger partial charge in [0.25, 0.3) is 0 Å². The molecule has 0 spiro atoms. The minimum Gasteiger partial charge on any atom is -0.462 e. The Morgan fingerprint density at radius 3 is 3.06 bits per heavy atom. The van der Waals surface area contributed by atoms with E-state index >= 15 is 0 Å². The first-order valence-electron chi connectivity index (χ1n) is 5.33. The van der Waals surface area contributed by atoms with Crippen LogP contribution in [0.15, 0.2) is 16.5 Å². The number of ether oxygens (including phenoxy) is 3. The minimum atomic E-state index is -0.286. The summed E-state index contributed by atoms with van der Waals surface area (Å²) in [6.45, 7) is 2.19. The van der Waals surface area contributed by atoms with Crippen molar-refractivity contribution >= 4 is 0 Å². The molecule has 2 heterocycles.